The number of hydrogen-bond donors (Lipinski definition) is 1. The van der Waals surface area contributed by atoms with Gasteiger partial charge in [0, 0.05) is 45.9 Å². The quantitative estimate of drug-likeness (QED) is 0.840. The number of piperidine rings is 1. The lowest BCUT2D eigenvalue weighted by atomic mass is 9.94. The van der Waals surface area contributed by atoms with E-state index in [9.17, 15) is 18.0 Å². The normalized spacial score (nSPS) is 48.2. The number of ether oxygens (including phenoxy) is 1. The van der Waals surface area contributed by atoms with Gasteiger partial charge in [0.15, 0.2) is 1.41 Å². The molecule has 1 aromatic rings. The van der Waals surface area contributed by atoms with Gasteiger partial charge in [0.25, 0.3) is 0 Å². The second-order valence-corrected chi connectivity index (χ2v) is 4.74. The minimum absolute atomic E-state index is 0.395. The molecular weight excluding hydrogens is 349 g/mol. The number of alkyl halides is 3. The second-order valence-electron chi connectivity index (χ2n) is 4.74. The minimum Gasteiger partial charge on any atom is -0.444 e. The maximum absolute atomic E-state index is 13.7. The zero-order chi connectivity index (χ0) is 37.7. The topological polar surface area (TPSA) is 67.4 Å². The fourth-order valence-corrected chi connectivity index (χ4v) is 1.36. The molecule has 0 spiro atoms. The summed E-state index contributed by atoms with van der Waals surface area (Å²) >= 11 is 0. The van der Waals surface area contributed by atoms with Gasteiger partial charge in [-0.05, 0) is 39.3 Å². The Hall–Kier alpha value is -2.06. The van der Waals surface area contributed by atoms with Gasteiger partial charge in [-0.25, -0.2) is 14.8 Å². The third-order valence-electron chi connectivity index (χ3n) is 2.32. The molecule has 9 heteroatoms. The second kappa shape index (κ2) is 7.67. The molecule has 1 aromatic heterocycles. The SMILES string of the molecule is [2H]c1nc(N([2H])C([2H])([2H])[C@@]2([2H])N(C(=O)OC(C)(C([2H])[2H])C([2H])([2H])[2H])C([2H])([2H])[C@@]([2H])(C([2H])([2H])[2H])C([2H])([2H])C2([2H])[2H])nc([2H])c1C(F)(F)F. The highest BCUT2D eigenvalue weighted by Gasteiger charge is 2.33. The van der Waals surface area contributed by atoms with Crippen molar-refractivity contribution in [1.29, 1.82) is 0 Å². The molecule has 0 aromatic carbocycles. The number of anilines is 1. The van der Waals surface area contributed by atoms with E-state index in [1.54, 1.807) is 0 Å². The molecule has 0 bridgehead atoms. The summed E-state index contributed by atoms with van der Waals surface area (Å²) in [6.45, 7) is -19.6. The number of likely N-dealkylation sites (tertiary alicyclic amines) is 1. The van der Waals surface area contributed by atoms with E-state index >= 15 is 0 Å². The number of carbonyl (C=O) groups excluding carboxylic acids is 1. The number of aromatic nitrogens is 2. The van der Waals surface area contributed by atoms with E-state index in [0.717, 1.165) is 0 Å². The highest BCUT2D eigenvalue weighted by atomic mass is 19.4. The number of halogens is 3. The monoisotopic (exact) mass is 395 g/mol. The Bertz CT molecular complexity index is 1380. The van der Waals surface area contributed by atoms with Crippen molar-refractivity contribution in [3.63, 3.8) is 0 Å². The first kappa shape index (κ1) is 5.97. The van der Waals surface area contributed by atoms with Gasteiger partial charge in [0.2, 0.25) is 5.95 Å². The predicted molar refractivity (Wildman–Crippen MR) is 90.6 cm³/mol. The number of nitrogens with one attached hydrogen (secondary N) is 1. The van der Waals surface area contributed by atoms with E-state index in [1.807, 2.05) is 0 Å². The van der Waals surface area contributed by atoms with Crippen molar-refractivity contribution in [2.75, 3.05) is 18.3 Å². The summed E-state index contributed by atoms with van der Waals surface area (Å²) in [7, 11) is 0. The Kier molecular flexibility index (Phi) is 1.76. The van der Waals surface area contributed by atoms with E-state index in [4.69, 9.17) is 28.8 Å². The van der Waals surface area contributed by atoms with Crippen LogP contribution in [0.1, 0.15) is 73.2 Å². The summed E-state index contributed by atoms with van der Waals surface area (Å²) in [4.78, 5) is 18.3. The molecule has 1 N–H and O–H groups in total. The Morgan fingerprint density at radius 2 is 2.35 bits per heavy atom. The first-order valence-electron chi connectivity index (χ1n) is 17.1. The average Bonchev–Trinajstić information content (AvgIpc) is 2.83. The number of amides is 1. The number of hydrogen-bond acceptors (Lipinski definition) is 5. The predicted octanol–water partition coefficient (Wildman–Crippen LogP) is 3.94. The molecule has 6 nitrogen and oxygen atoms in total. The van der Waals surface area contributed by atoms with Crippen LogP contribution >= 0.6 is 0 Å². The largest absolute Gasteiger partial charge is 0.444 e. The van der Waals surface area contributed by atoms with Crippen LogP contribution in [0.25, 0.3) is 0 Å². The van der Waals surface area contributed by atoms with Crippen LogP contribution in [-0.2, 0) is 10.9 Å². The van der Waals surface area contributed by atoms with E-state index in [1.165, 1.54) is 0 Å². The highest BCUT2D eigenvalue weighted by Crippen LogP contribution is 2.28. The van der Waals surface area contributed by atoms with Gasteiger partial charge in [-0.2, -0.15) is 13.2 Å². The Morgan fingerprint density at radius 3 is 2.92 bits per heavy atom. The lowest BCUT2D eigenvalue weighted by Crippen LogP contribution is -2.51. The molecular formula is C17H25F3N4O2. The smallest absolute Gasteiger partial charge is 0.419 e. The molecule has 146 valence electrons. The summed E-state index contributed by atoms with van der Waals surface area (Å²) in [5.74, 6) is -6.31. The van der Waals surface area contributed by atoms with Gasteiger partial charge < -0.3 is 14.9 Å². The molecule has 2 heterocycles. The fourth-order valence-electron chi connectivity index (χ4n) is 1.36. The van der Waals surface area contributed by atoms with Crippen LogP contribution < -0.4 is 5.31 Å². The maximum Gasteiger partial charge on any atom is 0.419 e. The van der Waals surface area contributed by atoms with Crippen molar-refractivity contribution in [3.05, 3.63) is 17.9 Å². The number of rotatable bonds is 3. The lowest BCUT2D eigenvalue weighted by Gasteiger charge is -2.39. The minimum atomic E-state index is -5.45. The average molecular weight is 396 g/mol. The van der Waals surface area contributed by atoms with Crippen molar-refractivity contribution >= 4 is 12.0 Å². The molecule has 3 atom stereocenters. The van der Waals surface area contributed by atoms with Crippen molar-refractivity contribution in [2.45, 2.75) is 58.0 Å². The molecule has 1 amide bonds. The van der Waals surface area contributed by atoms with E-state index in [-0.39, 0.29) is 0 Å². The van der Waals surface area contributed by atoms with Crippen LogP contribution in [0, 0.1) is 5.89 Å². The first-order valence-corrected chi connectivity index (χ1v) is 6.48. The molecule has 0 radical (unpaired) electrons. The van der Waals surface area contributed by atoms with Crippen LogP contribution in [0.2, 0.25) is 1.41 Å². The van der Waals surface area contributed by atoms with Gasteiger partial charge >= 0.3 is 12.3 Å². The molecule has 0 aliphatic carbocycles. The Morgan fingerprint density at radius 1 is 1.62 bits per heavy atom. The zero-order valence-electron chi connectivity index (χ0n) is 33.8. The number of carbonyl (C=O) groups is 1. The third kappa shape index (κ3) is 5.74. The summed E-state index contributed by atoms with van der Waals surface area (Å²) < 4.78 is 214. The summed E-state index contributed by atoms with van der Waals surface area (Å²) in [6, 6.07) is -4.81. The van der Waals surface area contributed by atoms with E-state index in [2.05, 4.69) is 14.7 Å². The maximum atomic E-state index is 13.7. The van der Waals surface area contributed by atoms with Crippen LogP contribution in [-0.4, -0.2) is 45.6 Å². The molecule has 1 saturated heterocycles. The van der Waals surface area contributed by atoms with Gasteiger partial charge in [-0.1, -0.05) is 6.85 Å². The summed E-state index contributed by atoms with van der Waals surface area (Å²) in [6.07, 6.45) is -21.3. The summed E-state index contributed by atoms with van der Waals surface area (Å²) in [5, 5.41) is -0.951. The van der Waals surface area contributed by atoms with Gasteiger partial charge in [-0.15, -0.1) is 0 Å². The first-order chi connectivity index (χ1) is 20.4. The molecule has 26 heavy (non-hydrogen) atoms. The number of nitrogens with zero attached hydrogens (tertiary/aromatic N) is 3. The molecule has 1 aliphatic heterocycles. The molecule has 2 rings (SSSR count). The van der Waals surface area contributed by atoms with Gasteiger partial charge in [-0.3, -0.25) is 0 Å². The van der Waals surface area contributed by atoms with Crippen molar-refractivity contribution in [2.24, 2.45) is 5.89 Å². The van der Waals surface area contributed by atoms with Crippen LogP contribution in [0.3, 0.4) is 0 Å². The lowest BCUT2D eigenvalue weighted by molar-refractivity contribution is -0.138. The molecule has 1 unspecified atom stereocenters. The van der Waals surface area contributed by atoms with Gasteiger partial charge in [0.05, 0.1) is 18.4 Å². The van der Waals surface area contributed by atoms with E-state index in [0.29, 0.717) is 6.92 Å². The molecule has 1 aliphatic rings. The fraction of sp³-hybridized carbons (Fsp3) is 0.706. The van der Waals surface area contributed by atoms with Crippen LogP contribution in [0.15, 0.2) is 12.3 Å². The van der Waals surface area contributed by atoms with E-state index < -0.39 is 110 Å². The van der Waals surface area contributed by atoms with Crippen LogP contribution in [0.5, 0.6) is 0 Å². The standard InChI is InChI=1S/C17H25F3N4O2/c1-11-5-6-13(24(10-11)15(25)26-16(2,3)4)9-23-14-21-7-12(8-22-14)17(18,19)20/h7-8,11,13H,5-6,9-10H2,1-4H3,(H,21,22,23)/t11-,13-/m0/s1/i1D3,2D2,3D3,5D2,6D2,7D,8D,9D2,10D2,11D,13D/hD/t11-,13-,16?. The van der Waals surface area contributed by atoms with Crippen molar-refractivity contribution < 1.29 is 51.5 Å². The van der Waals surface area contributed by atoms with Crippen molar-refractivity contribution in [3.8, 4) is 0 Å². The highest BCUT2D eigenvalue weighted by molar-refractivity contribution is 5.68. The third-order valence-corrected chi connectivity index (χ3v) is 2.32. The molecule has 1 fully saturated rings. The Balaban J connectivity index is 3.12. The van der Waals surface area contributed by atoms with Crippen molar-refractivity contribution in [1.82, 2.24) is 14.9 Å². The summed E-state index contributed by atoms with van der Waals surface area (Å²) in [5.41, 5.74) is -5.47. The van der Waals surface area contributed by atoms with Gasteiger partial charge in [0.1, 0.15) is 5.60 Å². The Labute approximate surface area is 180 Å². The molecule has 0 saturated carbocycles. The van der Waals surface area contributed by atoms with Crippen LogP contribution in [0.4, 0.5) is 23.9 Å². The zero-order valence-corrected chi connectivity index (χ0v) is 12.8.